The van der Waals surface area contributed by atoms with E-state index in [0.29, 0.717) is 208 Å². The summed E-state index contributed by atoms with van der Waals surface area (Å²) in [5, 5.41) is 43.6. The van der Waals surface area contributed by atoms with E-state index in [4.69, 9.17) is 74.1 Å². The van der Waals surface area contributed by atoms with Crippen molar-refractivity contribution in [2.45, 2.75) is 244 Å². The van der Waals surface area contributed by atoms with Crippen molar-refractivity contribution in [3.8, 4) is 11.3 Å². The quantitative estimate of drug-likeness (QED) is 0.00871. The number of nitrogen functional groups attached to an aromatic ring is 2. The lowest BCUT2D eigenvalue weighted by atomic mass is 9.80. The van der Waals surface area contributed by atoms with Gasteiger partial charge in [-0.15, -0.1) is 5.10 Å². The molecule has 4 aromatic heterocycles. The number of hydrogen-bond donors (Lipinski definition) is 7. The number of hydrogen-bond acceptors (Lipinski definition) is 29. The number of aromatic nitrogens is 8. The fourth-order valence-electron chi connectivity index (χ4n) is 16.1. The predicted molar refractivity (Wildman–Crippen MR) is 450 cm³/mol. The number of nitrogens with two attached hydrogens (primary N) is 3. The second kappa shape index (κ2) is 49.0. The van der Waals surface area contributed by atoms with E-state index >= 15 is 0 Å². The number of anilines is 2. The predicted octanol–water partition coefficient (Wildman–Crippen LogP) is 7.57. The van der Waals surface area contributed by atoms with Crippen molar-refractivity contribution in [1.82, 2.24) is 55.3 Å². The van der Waals surface area contributed by atoms with Crippen molar-refractivity contribution < 1.29 is 95.6 Å². The molecule has 34 heteroatoms. The maximum Gasteiger partial charge on any atom is 0.329 e. The first-order chi connectivity index (χ1) is 58.3. The van der Waals surface area contributed by atoms with Gasteiger partial charge in [0, 0.05) is 115 Å². The van der Waals surface area contributed by atoms with Crippen molar-refractivity contribution in [1.29, 1.82) is 0 Å². The van der Waals surface area contributed by atoms with Gasteiger partial charge in [-0.2, -0.15) is 10.1 Å². The van der Waals surface area contributed by atoms with Crippen LogP contribution in [-0.4, -0.2) is 257 Å². The van der Waals surface area contributed by atoms with Gasteiger partial charge >= 0.3 is 5.97 Å². The van der Waals surface area contributed by atoms with E-state index < -0.39 is 83.8 Å². The molecule has 9 unspecified atom stereocenters. The molecule has 2 bridgehead atoms. The maximum absolute atomic E-state index is 14.7. The highest BCUT2D eigenvalue weighted by atomic mass is 16.6. The van der Waals surface area contributed by atoms with Crippen LogP contribution in [0.5, 0.6) is 0 Å². The first-order valence-corrected chi connectivity index (χ1v) is 43.0. The van der Waals surface area contributed by atoms with E-state index in [9.17, 15) is 43.8 Å². The standard InChI is InChI=1S/C87H130N14O20/c1-55-20-11-10-12-21-56(2)71(111-7)51-64-29-26-60(6)87(110,121-64)81(107)84(108)100-34-16-13-23-67(100)85(109)119-72(52-68(102)57(3)47-59(5)79(106)80(113-9)78(105)58(4)46-55)65(88)48-61-27-30-70(73(49-61)112-8)118-37-18-14-22-63-53-99(98-96-63)36-39-115-41-43-117-45-44-116-42-40-114-38-33-92-75(104)25-19-24-74(103)91-32-15-17-35-101-83-76(82(89)93-54-94-83)77(97-101)62-28-31-69-66(50-62)95-86(90)120-69/h10-12,20-21,28,31,47,50,53-55,57-58,60-61,64-65,67,70-73,79-80,106,110H,13-19,22-27,29-30,32-46,48-49,51-52,88H2,1-9H3,(H2,90,95)(H,91,103)(H,92,104)(H2,89,93,94)/b12-10?,20-11+,56-21?,59-47+/t55?,57?,58?,60-,61?,64+,65-,67?,70?,71?,72?,73-,79?,80+,87-/m1/s1. The Balaban J connectivity index is 0.629. The third-order valence-corrected chi connectivity index (χ3v) is 23.3. The van der Waals surface area contributed by atoms with Crippen LogP contribution in [-0.2, 0) is 100 Å². The van der Waals surface area contributed by atoms with Crippen molar-refractivity contribution >= 4 is 75.0 Å². The zero-order chi connectivity index (χ0) is 87.0. The number of nitrogens with one attached hydrogen (secondary N) is 2. The van der Waals surface area contributed by atoms with Crippen LogP contribution < -0.4 is 27.8 Å². The molecular formula is C87H130N14O20. The number of aliphatic hydroxyl groups excluding tert-OH is 1. The van der Waals surface area contributed by atoms with Gasteiger partial charge in [-0.05, 0) is 158 Å². The molecule has 9 rings (SSSR count). The fourth-order valence-corrected chi connectivity index (χ4v) is 16.1. The van der Waals surface area contributed by atoms with Gasteiger partial charge in [-0.1, -0.05) is 69.4 Å². The number of methoxy groups -OCH3 is 3. The summed E-state index contributed by atoms with van der Waals surface area (Å²) in [6, 6.07) is 3.43. The number of ether oxygens (including phenoxy) is 10. The molecule has 668 valence electrons. The minimum atomic E-state index is -2.48. The lowest BCUT2D eigenvalue weighted by molar-refractivity contribution is -0.265. The summed E-state index contributed by atoms with van der Waals surface area (Å²) in [6.07, 6.45) is 18.5. The van der Waals surface area contributed by atoms with Gasteiger partial charge in [-0.3, -0.25) is 28.8 Å². The van der Waals surface area contributed by atoms with Crippen LogP contribution in [0.1, 0.15) is 169 Å². The first kappa shape index (κ1) is 96.2. The Morgan fingerprint density at radius 1 is 0.752 bits per heavy atom. The Kier molecular flexibility index (Phi) is 38.9. The number of rotatable bonds is 37. The summed E-state index contributed by atoms with van der Waals surface area (Å²) in [4.78, 5) is 111. The summed E-state index contributed by atoms with van der Waals surface area (Å²) < 4.78 is 68.1. The number of piperidine rings is 1. The molecule has 5 aromatic rings. The molecule has 15 atom stereocenters. The average molecular weight is 1690 g/mol. The number of esters is 1. The highest BCUT2D eigenvalue weighted by Gasteiger charge is 2.53. The molecule has 1 saturated carbocycles. The van der Waals surface area contributed by atoms with Crippen LogP contribution in [0, 0.1) is 29.6 Å². The fraction of sp³-hybridized carbons (Fsp3) is 0.667. The van der Waals surface area contributed by atoms with E-state index in [2.05, 4.69) is 35.9 Å². The molecule has 4 aliphatic rings. The zero-order valence-corrected chi connectivity index (χ0v) is 72.0. The lowest BCUT2D eigenvalue weighted by Crippen LogP contribution is -2.61. The minimum Gasteiger partial charge on any atom is -0.459 e. The first-order valence-electron chi connectivity index (χ1n) is 43.0. The monoisotopic (exact) mass is 1690 g/mol. The molecule has 3 amide bonds. The molecule has 0 radical (unpaired) electrons. The number of nitrogens with zero attached hydrogens (tertiary/aromatic N) is 9. The lowest BCUT2D eigenvalue weighted by Gasteiger charge is -2.42. The minimum absolute atomic E-state index is 0.0168. The molecule has 3 fully saturated rings. The Labute approximate surface area is 708 Å². The van der Waals surface area contributed by atoms with Crippen LogP contribution in [0.25, 0.3) is 33.4 Å². The number of oxazole rings is 1. The van der Waals surface area contributed by atoms with E-state index in [-0.39, 0.29) is 92.1 Å². The maximum atomic E-state index is 14.7. The number of ketones is 3. The van der Waals surface area contributed by atoms with Crippen molar-refractivity contribution in [3.05, 3.63) is 84.0 Å². The zero-order valence-electron chi connectivity index (χ0n) is 72.0. The number of amides is 3. The van der Waals surface area contributed by atoms with E-state index in [0.717, 1.165) is 34.6 Å². The van der Waals surface area contributed by atoms with Gasteiger partial charge in [0.1, 0.15) is 53.5 Å². The third kappa shape index (κ3) is 28.7. The highest BCUT2D eigenvalue weighted by Crippen LogP contribution is 2.39. The Hall–Kier alpha value is -8.65. The van der Waals surface area contributed by atoms with Gasteiger partial charge in [0.25, 0.3) is 17.7 Å². The molecule has 3 aliphatic heterocycles. The number of allylic oxidation sites excluding steroid dienone is 6. The summed E-state index contributed by atoms with van der Waals surface area (Å²) in [6.45, 7) is 16.1. The molecule has 0 spiro atoms. The van der Waals surface area contributed by atoms with Gasteiger partial charge < -0.3 is 94.7 Å². The van der Waals surface area contributed by atoms with Gasteiger partial charge in [0.05, 0.1) is 94.9 Å². The molecule has 2 saturated heterocycles. The number of carbonyl (C=O) groups is 7. The van der Waals surface area contributed by atoms with Crippen LogP contribution in [0.4, 0.5) is 11.8 Å². The van der Waals surface area contributed by atoms with Crippen molar-refractivity contribution in [2.24, 2.45) is 35.3 Å². The van der Waals surface area contributed by atoms with E-state index in [1.54, 1.807) is 63.4 Å². The van der Waals surface area contributed by atoms with Crippen LogP contribution >= 0.6 is 0 Å². The number of unbranched alkanes of at least 4 members (excludes halogenated alkanes) is 2. The van der Waals surface area contributed by atoms with E-state index in [1.807, 2.05) is 62.6 Å². The summed E-state index contributed by atoms with van der Waals surface area (Å²) >= 11 is 0. The Bertz CT molecular complexity index is 4280. The SMILES string of the molecule is COC1C[C@@H]2CC[C@@H](C)[C@@](O)(O2)C(=O)C(=O)N2CCCCC2C(=O)OC([C@H](N)CC2CCC(OCCCCc3cn(CCOCCOCCOCCOCCNC(=O)CCCC(=O)NCCCCn4nc(-c5ccc6oc(N)nc6c5)c5c(N)ncnc54)nn3)[C@H](OC)C2)CC(=O)C(C)/C=C(\C)C(O)[C@@H](OC)C(=O)C(C)CC(C)/C=C/C=CC=C1C. The average Bonchev–Trinajstić information content (AvgIpc) is 1.72. The number of benzene rings is 1. The van der Waals surface area contributed by atoms with E-state index in [1.165, 1.54) is 13.4 Å². The normalized spacial score (nSPS) is 26.5. The van der Waals surface area contributed by atoms with Crippen LogP contribution in [0.15, 0.2) is 82.7 Å². The number of Topliss-reactive ketones (excluding diaryl/α,β-unsaturated/α-hetero) is 3. The van der Waals surface area contributed by atoms with Crippen LogP contribution in [0.2, 0.25) is 0 Å². The number of fused-ring (bicyclic) bond motifs is 5. The highest BCUT2D eigenvalue weighted by molar-refractivity contribution is 6.39. The molecular weight excluding hydrogens is 1560 g/mol. The van der Waals surface area contributed by atoms with Gasteiger partial charge in [-0.25, -0.2) is 24.1 Å². The summed E-state index contributed by atoms with van der Waals surface area (Å²) in [5.41, 5.74) is 24.3. The number of aryl methyl sites for hydroxylation is 2. The summed E-state index contributed by atoms with van der Waals surface area (Å²) in [5.74, 6) is -8.28. The smallest absolute Gasteiger partial charge is 0.329 e. The molecule has 10 N–H and O–H groups in total. The topological polar surface area (TPSA) is 458 Å². The number of carbonyl (C=O) groups excluding carboxylic acids is 7. The van der Waals surface area contributed by atoms with Crippen molar-refractivity contribution in [2.75, 3.05) is 112 Å². The molecule has 121 heavy (non-hydrogen) atoms. The molecule has 34 nitrogen and oxygen atoms in total. The Morgan fingerprint density at radius 3 is 2.22 bits per heavy atom. The van der Waals surface area contributed by atoms with Crippen molar-refractivity contribution in [3.63, 3.8) is 0 Å². The van der Waals surface area contributed by atoms with Gasteiger partial charge in [0.15, 0.2) is 17.0 Å². The molecule has 1 aliphatic carbocycles. The van der Waals surface area contributed by atoms with Crippen LogP contribution in [0.3, 0.4) is 0 Å². The largest absolute Gasteiger partial charge is 0.459 e. The number of cyclic esters (lactones) is 1. The van der Waals surface area contributed by atoms with Gasteiger partial charge in [0.2, 0.25) is 17.6 Å². The second-order valence-electron chi connectivity index (χ2n) is 32.5. The number of aliphatic hydroxyl groups is 2. The molecule has 7 heterocycles. The molecule has 1 aromatic carbocycles. The summed E-state index contributed by atoms with van der Waals surface area (Å²) in [7, 11) is 4.59. The second-order valence-corrected chi connectivity index (χ2v) is 32.5. The Morgan fingerprint density at radius 2 is 1.49 bits per heavy atom. The third-order valence-electron chi connectivity index (χ3n) is 23.3.